The summed E-state index contributed by atoms with van der Waals surface area (Å²) in [6.45, 7) is 0. The quantitative estimate of drug-likeness (QED) is 0.270. The molecule has 0 spiro atoms. The molecule has 148 valence electrons. The normalized spacial score (nSPS) is 11.3. The van der Waals surface area contributed by atoms with E-state index in [1.54, 1.807) is 42.5 Å². The van der Waals surface area contributed by atoms with Gasteiger partial charge < -0.3 is 16.0 Å². The van der Waals surface area contributed by atoms with Crippen LogP contribution in [0.3, 0.4) is 0 Å². The molecule has 1 aromatic heterocycles. The van der Waals surface area contributed by atoms with Crippen molar-refractivity contribution in [2.45, 2.75) is 6.42 Å². The van der Waals surface area contributed by atoms with E-state index in [1.807, 2.05) is 0 Å². The largest absolute Gasteiger partial charge is 0.375 e. The van der Waals surface area contributed by atoms with E-state index >= 15 is 0 Å². The number of H-pyrrole nitrogens is 1. The second kappa shape index (κ2) is 8.99. The summed E-state index contributed by atoms with van der Waals surface area (Å²) in [5, 5.41) is 7.45. The van der Waals surface area contributed by atoms with Crippen LogP contribution in [0.5, 0.6) is 0 Å². The number of anilines is 1. The third-order valence-electron chi connectivity index (χ3n) is 3.72. The fourth-order valence-electron chi connectivity index (χ4n) is 2.40. The van der Waals surface area contributed by atoms with Crippen LogP contribution >= 0.6 is 35.4 Å². The molecule has 11 heteroatoms. The van der Waals surface area contributed by atoms with Gasteiger partial charge in [-0.15, -0.1) is 0 Å². The van der Waals surface area contributed by atoms with Crippen molar-refractivity contribution in [2.75, 3.05) is 5.32 Å². The molecule has 0 radical (unpaired) electrons. The Balaban J connectivity index is 1.91. The van der Waals surface area contributed by atoms with Gasteiger partial charge >= 0.3 is 0 Å². The minimum atomic E-state index is -0.562. The van der Waals surface area contributed by atoms with Crippen LogP contribution in [0.4, 0.5) is 5.69 Å². The number of halogens is 2. The van der Waals surface area contributed by atoms with Crippen molar-refractivity contribution >= 4 is 68.9 Å². The van der Waals surface area contributed by atoms with Gasteiger partial charge in [0.2, 0.25) is 0 Å². The zero-order chi connectivity index (χ0) is 21.0. The first-order valence-electron chi connectivity index (χ1n) is 8.19. The number of aromatic amines is 1. The van der Waals surface area contributed by atoms with E-state index in [1.165, 1.54) is 0 Å². The number of amides is 1. The minimum absolute atomic E-state index is 0.0425. The first kappa shape index (κ1) is 20.7. The summed E-state index contributed by atoms with van der Waals surface area (Å²) >= 11 is 16.5. The third kappa shape index (κ3) is 5.50. The second-order valence-corrected chi connectivity index (χ2v) is 7.16. The van der Waals surface area contributed by atoms with Crippen molar-refractivity contribution in [1.82, 2.24) is 15.4 Å². The first-order valence-corrected chi connectivity index (χ1v) is 9.35. The number of benzene rings is 2. The molecule has 0 saturated heterocycles. The van der Waals surface area contributed by atoms with Crippen molar-refractivity contribution in [3.63, 3.8) is 0 Å². The lowest BCUT2D eigenvalue weighted by molar-refractivity contribution is -0.110. The Bertz CT molecular complexity index is 1180. The molecule has 0 aliphatic heterocycles. The standard InChI is InChI=1S/C18H14Cl2N6O2S/c19-9-1-4-11(5-2-9)22-17(28)15(25-26-18(21)29)8-14-16(27)24-13-7-10(20)3-6-12(13)23-14/h1-7H,8H2,(H,22,28)(H,24,27)(H3,21,26,29)/b25-15-. The maximum absolute atomic E-state index is 12.7. The maximum atomic E-state index is 12.7. The highest BCUT2D eigenvalue weighted by Crippen LogP contribution is 2.16. The summed E-state index contributed by atoms with van der Waals surface area (Å²) in [6.07, 6.45) is -0.164. The van der Waals surface area contributed by atoms with Crippen LogP contribution in [-0.4, -0.2) is 26.7 Å². The molecule has 2 aromatic carbocycles. The number of aromatic nitrogens is 2. The fourth-order valence-corrected chi connectivity index (χ4v) is 2.75. The van der Waals surface area contributed by atoms with Crippen LogP contribution in [0.2, 0.25) is 10.0 Å². The van der Waals surface area contributed by atoms with E-state index in [4.69, 9.17) is 41.2 Å². The fraction of sp³-hybridized carbons (Fsp3) is 0.0556. The zero-order valence-electron chi connectivity index (χ0n) is 14.7. The summed E-state index contributed by atoms with van der Waals surface area (Å²) in [4.78, 5) is 32.1. The van der Waals surface area contributed by atoms with Crippen LogP contribution in [0.1, 0.15) is 5.69 Å². The molecule has 0 aliphatic rings. The Hall–Kier alpha value is -3.01. The van der Waals surface area contributed by atoms with Crippen LogP contribution in [-0.2, 0) is 11.2 Å². The Labute approximate surface area is 180 Å². The van der Waals surface area contributed by atoms with Gasteiger partial charge in [-0.2, -0.15) is 5.10 Å². The van der Waals surface area contributed by atoms with E-state index in [0.29, 0.717) is 26.8 Å². The predicted molar refractivity (Wildman–Crippen MR) is 119 cm³/mol. The van der Waals surface area contributed by atoms with E-state index in [-0.39, 0.29) is 22.9 Å². The van der Waals surface area contributed by atoms with E-state index in [9.17, 15) is 9.59 Å². The number of rotatable bonds is 5. The molecule has 29 heavy (non-hydrogen) atoms. The second-order valence-electron chi connectivity index (χ2n) is 5.85. The Morgan fingerprint density at radius 2 is 1.86 bits per heavy atom. The van der Waals surface area contributed by atoms with Gasteiger partial charge in [-0.25, -0.2) is 4.98 Å². The number of fused-ring (bicyclic) bond motifs is 1. The topological polar surface area (TPSA) is 125 Å². The van der Waals surface area contributed by atoms with Crippen molar-refractivity contribution in [3.05, 3.63) is 68.6 Å². The molecule has 0 unspecified atom stereocenters. The Kier molecular flexibility index (Phi) is 6.42. The predicted octanol–water partition coefficient (Wildman–Crippen LogP) is 2.60. The molecule has 0 bridgehead atoms. The van der Waals surface area contributed by atoms with Gasteiger partial charge in [-0.05, 0) is 54.7 Å². The number of thiocarbonyl (C=S) groups is 1. The Morgan fingerprint density at radius 3 is 2.55 bits per heavy atom. The van der Waals surface area contributed by atoms with Crippen molar-refractivity contribution in [2.24, 2.45) is 10.8 Å². The zero-order valence-corrected chi connectivity index (χ0v) is 17.0. The minimum Gasteiger partial charge on any atom is -0.375 e. The van der Waals surface area contributed by atoms with Gasteiger partial charge in [0.25, 0.3) is 11.5 Å². The van der Waals surface area contributed by atoms with E-state index < -0.39 is 11.5 Å². The van der Waals surface area contributed by atoms with Gasteiger partial charge in [0.05, 0.1) is 11.0 Å². The monoisotopic (exact) mass is 448 g/mol. The number of hydrogen-bond acceptors (Lipinski definition) is 5. The molecule has 0 saturated carbocycles. The molecular weight excluding hydrogens is 435 g/mol. The van der Waals surface area contributed by atoms with Crippen molar-refractivity contribution in [1.29, 1.82) is 0 Å². The van der Waals surface area contributed by atoms with E-state index in [2.05, 4.69) is 25.8 Å². The maximum Gasteiger partial charge on any atom is 0.272 e. The third-order valence-corrected chi connectivity index (χ3v) is 4.30. The highest BCUT2D eigenvalue weighted by Gasteiger charge is 2.17. The lowest BCUT2D eigenvalue weighted by atomic mass is 10.2. The van der Waals surface area contributed by atoms with Crippen LogP contribution in [0.15, 0.2) is 52.4 Å². The lowest BCUT2D eigenvalue weighted by Crippen LogP contribution is -2.33. The summed E-state index contributed by atoms with van der Waals surface area (Å²) in [6, 6.07) is 11.4. The summed E-state index contributed by atoms with van der Waals surface area (Å²) < 4.78 is 0. The van der Waals surface area contributed by atoms with Gasteiger partial charge in [0, 0.05) is 22.2 Å². The lowest BCUT2D eigenvalue weighted by Gasteiger charge is -2.09. The highest BCUT2D eigenvalue weighted by atomic mass is 35.5. The average molecular weight is 449 g/mol. The molecule has 1 amide bonds. The van der Waals surface area contributed by atoms with Crippen molar-refractivity contribution in [3.8, 4) is 0 Å². The van der Waals surface area contributed by atoms with Gasteiger partial charge in [0.15, 0.2) is 5.11 Å². The molecule has 0 aliphatic carbocycles. The molecule has 8 nitrogen and oxygen atoms in total. The number of nitrogens with one attached hydrogen (secondary N) is 3. The van der Waals surface area contributed by atoms with Crippen molar-refractivity contribution < 1.29 is 4.79 Å². The SMILES string of the molecule is NC(=S)N/N=C(/Cc1nc2ccc(Cl)cc2[nH]c1=O)C(=O)Nc1ccc(Cl)cc1. The smallest absolute Gasteiger partial charge is 0.272 e. The van der Waals surface area contributed by atoms with Crippen LogP contribution in [0.25, 0.3) is 11.0 Å². The number of hydrogen-bond donors (Lipinski definition) is 4. The number of carbonyl (C=O) groups is 1. The molecule has 0 fully saturated rings. The Morgan fingerprint density at radius 1 is 1.17 bits per heavy atom. The molecule has 5 N–H and O–H groups in total. The molecule has 3 rings (SSSR count). The van der Waals surface area contributed by atoms with Gasteiger partial charge in [0.1, 0.15) is 11.4 Å². The summed E-state index contributed by atoms with van der Waals surface area (Å²) in [5.41, 5.74) is 8.83. The summed E-state index contributed by atoms with van der Waals surface area (Å²) in [7, 11) is 0. The average Bonchev–Trinajstić information content (AvgIpc) is 2.67. The molecule has 1 heterocycles. The van der Waals surface area contributed by atoms with Crippen LogP contribution in [0, 0.1) is 0 Å². The first-order chi connectivity index (χ1) is 13.8. The summed E-state index contributed by atoms with van der Waals surface area (Å²) in [5.74, 6) is -0.562. The van der Waals surface area contributed by atoms with Gasteiger partial charge in [-0.3, -0.25) is 15.0 Å². The number of hydrazone groups is 1. The molecule has 3 aromatic rings. The number of nitrogens with zero attached hydrogens (tertiary/aromatic N) is 2. The van der Waals surface area contributed by atoms with E-state index in [0.717, 1.165) is 0 Å². The molecular formula is C18H14Cl2N6O2S. The number of nitrogens with two attached hydrogens (primary N) is 1. The van der Waals surface area contributed by atoms with Crippen LogP contribution < -0.4 is 22.0 Å². The number of carbonyl (C=O) groups excluding carboxylic acids is 1. The van der Waals surface area contributed by atoms with Gasteiger partial charge in [-0.1, -0.05) is 23.2 Å². The molecule has 0 atom stereocenters. The highest BCUT2D eigenvalue weighted by molar-refractivity contribution is 7.80.